The summed E-state index contributed by atoms with van der Waals surface area (Å²) in [6.07, 6.45) is 4.73. The average Bonchev–Trinajstić information content (AvgIpc) is 2.34. The molecule has 0 amide bonds. The van der Waals surface area contributed by atoms with Crippen molar-refractivity contribution in [2.24, 2.45) is 0 Å². The molecule has 0 aromatic carbocycles. The number of hydrogen-bond donors (Lipinski definition) is 0. The molecule has 20 heavy (non-hydrogen) atoms. The maximum atomic E-state index is 6.22. The molecule has 0 saturated carbocycles. The third-order valence-electron chi connectivity index (χ3n) is 4.07. The number of ether oxygens (including phenoxy) is 3. The summed E-state index contributed by atoms with van der Waals surface area (Å²) in [5, 5.41) is 0.180. The molecule has 5 heteroatoms. The zero-order valence-electron chi connectivity index (χ0n) is 13.6. The van der Waals surface area contributed by atoms with E-state index in [2.05, 4.69) is 39.8 Å². The summed E-state index contributed by atoms with van der Waals surface area (Å²) < 4.78 is 23.1. The zero-order chi connectivity index (χ0) is 15.4. The first-order valence-corrected chi connectivity index (χ1v) is 10.0. The number of terminal acetylenes is 1. The first-order valence-electron chi connectivity index (χ1n) is 7.13. The van der Waals surface area contributed by atoms with Crippen LogP contribution in [0.2, 0.25) is 18.1 Å². The molecule has 1 heterocycles. The van der Waals surface area contributed by atoms with Crippen molar-refractivity contribution in [1.82, 2.24) is 0 Å². The van der Waals surface area contributed by atoms with E-state index in [1.54, 1.807) is 0 Å². The molecule has 1 aliphatic heterocycles. The van der Waals surface area contributed by atoms with Crippen molar-refractivity contribution < 1.29 is 18.6 Å². The lowest BCUT2D eigenvalue weighted by molar-refractivity contribution is -0.257. The highest BCUT2D eigenvalue weighted by atomic mass is 28.4. The second-order valence-electron chi connectivity index (χ2n) is 6.70. The van der Waals surface area contributed by atoms with Gasteiger partial charge in [-0.1, -0.05) is 26.7 Å². The topological polar surface area (TPSA) is 36.9 Å². The molecule has 0 spiro atoms. The van der Waals surface area contributed by atoms with Crippen LogP contribution in [-0.4, -0.2) is 46.6 Å². The molecule has 1 fully saturated rings. The molecule has 0 aromatic heterocycles. The van der Waals surface area contributed by atoms with Crippen molar-refractivity contribution in [2.75, 3.05) is 19.8 Å². The van der Waals surface area contributed by atoms with Gasteiger partial charge in [0.2, 0.25) is 0 Å². The Morgan fingerprint density at radius 3 is 2.55 bits per heavy atom. The predicted molar refractivity (Wildman–Crippen MR) is 82.0 cm³/mol. The predicted octanol–water partition coefficient (Wildman–Crippen LogP) is 2.79. The van der Waals surface area contributed by atoms with Crippen LogP contribution in [0.25, 0.3) is 0 Å². The van der Waals surface area contributed by atoms with E-state index in [0.29, 0.717) is 13.2 Å². The Kier molecular flexibility index (Phi) is 6.23. The van der Waals surface area contributed by atoms with Gasteiger partial charge in [0.1, 0.15) is 18.8 Å². The van der Waals surface area contributed by atoms with Gasteiger partial charge in [0.15, 0.2) is 14.6 Å². The van der Waals surface area contributed by atoms with Crippen molar-refractivity contribution >= 4 is 8.32 Å². The van der Waals surface area contributed by atoms with E-state index in [1.807, 2.05) is 6.92 Å². The number of hydrogen-bond acceptors (Lipinski definition) is 4. The standard InChI is InChI=1S/C15H28O4Si/c1-8-9-16-13-10-17-12(2)19-14(13)11-18-20(6,7)15(3,4)5/h1,12-14H,9-11H2,2-7H3/t12-,13+,14+/m0/s1. The van der Waals surface area contributed by atoms with E-state index in [0.717, 1.165) is 0 Å². The summed E-state index contributed by atoms with van der Waals surface area (Å²) in [7, 11) is -1.79. The summed E-state index contributed by atoms with van der Waals surface area (Å²) in [6.45, 7) is 14.3. The fraction of sp³-hybridized carbons (Fsp3) is 0.867. The summed E-state index contributed by atoms with van der Waals surface area (Å²) in [4.78, 5) is 0. The van der Waals surface area contributed by atoms with Gasteiger partial charge in [-0.2, -0.15) is 0 Å². The van der Waals surface area contributed by atoms with Crippen LogP contribution in [0.15, 0.2) is 0 Å². The maximum Gasteiger partial charge on any atom is 0.192 e. The van der Waals surface area contributed by atoms with E-state index in [9.17, 15) is 0 Å². The SMILES string of the molecule is C#CCO[C@@H]1CO[C@H](C)O[C@@H]1CO[Si](C)(C)C(C)(C)C. The molecule has 1 aliphatic rings. The Hall–Kier alpha value is -0.383. The molecule has 3 atom stereocenters. The van der Waals surface area contributed by atoms with Gasteiger partial charge in [0.25, 0.3) is 0 Å². The first-order chi connectivity index (χ1) is 9.17. The van der Waals surface area contributed by atoms with Gasteiger partial charge in [0, 0.05) is 0 Å². The van der Waals surface area contributed by atoms with Crippen LogP contribution < -0.4 is 0 Å². The summed E-state index contributed by atoms with van der Waals surface area (Å²) in [5.74, 6) is 2.48. The summed E-state index contributed by atoms with van der Waals surface area (Å²) in [5.41, 5.74) is 0. The van der Waals surface area contributed by atoms with Crippen LogP contribution in [0, 0.1) is 12.3 Å². The van der Waals surface area contributed by atoms with E-state index in [1.165, 1.54) is 0 Å². The van der Waals surface area contributed by atoms with Crippen molar-refractivity contribution in [2.45, 2.75) is 64.3 Å². The van der Waals surface area contributed by atoms with Crippen molar-refractivity contribution in [3.63, 3.8) is 0 Å². The van der Waals surface area contributed by atoms with E-state index >= 15 is 0 Å². The highest BCUT2D eigenvalue weighted by Gasteiger charge is 2.39. The normalized spacial score (nSPS) is 28.1. The molecular formula is C15H28O4Si. The zero-order valence-corrected chi connectivity index (χ0v) is 14.6. The molecule has 0 aliphatic carbocycles. The second-order valence-corrected chi connectivity index (χ2v) is 11.5. The largest absolute Gasteiger partial charge is 0.414 e. The Balaban J connectivity index is 2.59. The van der Waals surface area contributed by atoms with Crippen LogP contribution >= 0.6 is 0 Å². The van der Waals surface area contributed by atoms with Crippen molar-refractivity contribution in [3.05, 3.63) is 0 Å². The van der Waals surface area contributed by atoms with Crippen molar-refractivity contribution in [1.29, 1.82) is 0 Å². The van der Waals surface area contributed by atoms with E-state index in [4.69, 9.17) is 25.1 Å². The van der Waals surface area contributed by atoms with Crippen LogP contribution in [0.4, 0.5) is 0 Å². The van der Waals surface area contributed by atoms with Crippen LogP contribution in [0.5, 0.6) is 0 Å². The molecule has 0 N–H and O–H groups in total. The molecule has 1 saturated heterocycles. The maximum absolute atomic E-state index is 6.22. The van der Waals surface area contributed by atoms with Gasteiger partial charge < -0.3 is 18.6 Å². The van der Waals surface area contributed by atoms with E-state index < -0.39 is 8.32 Å². The fourth-order valence-corrected chi connectivity index (χ4v) is 2.69. The number of rotatable bonds is 5. The molecular weight excluding hydrogens is 272 g/mol. The molecule has 116 valence electrons. The van der Waals surface area contributed by atoms with Crippen LogP contribution in [0.1, 0.15) is 27.7 Å². The van der Waals surface area contributed by atoms with Gasteiger partial charge in [-0.15, -0.1) is 6.42 Å². The van der Waals surface area contributed by atoms with Crippen LogP contribution in [-0.2, 0) is 18.6 Å². The molecule has 0 radical (unpaired) electrons. The lowest BCUT2D eigenvalue weighted by atomic mass is 10.2. The van der Waals surface area contributed by atoms with Gasteiger partial charge in [-0.05, 0) is 25.1 Å². The monoisotopic (exact) mass is 300 g/mol. The van der Waals surface area contributed by atoms with Gasteiger partial charge >= 0.3 is 0 Å². The lowest BCUT2D eigenvalue weighted by Crippen LogP contribution is -2.50. The Morgan fingerprint density at radius 1 is 1.35 bits per heavy atom. The smallest absolute Gasteiger partial charge is 0.192 e. The average molecular weight is 300 g/mol. The van der Waals surface area contributed by atoms with Gasteiger partial charge in [0.05, 0.1) is 13.2 Å². The molecule has 1 rings (SSSR count). The second kappa shape index (κ2) is 7.06. The molecule has 0 bridgehead atoms. The quantitative estimate of drug-likeness (QED) is 0.578. The minimum absolute atomic E-state index is 0.124. The Bertz CT molecular complexity index is 343. The van der Waals surface area contributed by atoms with Gasteiger partial charge in [-0.25, -0.2) is 0 Å². The van der Waals surface area contributed by atoms with Crippen molar-refractivity contribution in [3.8, 4) is 12.3 Å². The van der Waals surface area contributed by atoms with E-state index in [-0.39, 0.29) is 30.1 Å². The fourth-order valence-electron chi connectivity index (χ4n) is 1.67. The van der Waals surface area contributed by atoms with Gasteiger partial charge in [-0.3, -0.25) is 0 Å². The summed E-state index contributed by atoms with van der Waals surface area (Å²) in [6, 6.07) is 0. The highest BCUT2D eigenvalue weighted by molar-refractivity contribution is 6.74. The van der Waals surface area contributed by atoms with Crippen LogP contribution in [0.3, 0.4) is 0 Å². The Labute approximate surface area is 124 Å². The lowest BCUT2D eigenvalue weighted by Gasteiger charge is -2.40. The Morgan fingerprint density at radius 2 is 2.00 bits per heavy atom. The molecule has 0 aromatic rings. The summed E-state index contributed by atoms with van der Waals surface area (Å²) >= 11 is 0. The minimum atomic E-state index is -1.79. The molecule has 0 unspecified atom stereocenters. The third-order valence-corrected chi connectivity index (χ3v) is 8.57. The molecule has 4 nitrogen and oxygen atoms in total. The highest BCUT2D eigenvalue weighted by Crippen LogP contribution is 2.36. The first kappa shape index (κ1) is 17.7. The third kappa shape index (κ3) is 4.87. The minimum Gasteiger partial charge on any atom is -0.414 e.